The smallest absolute Gasteiger partial charge is 0.407 e. The second kappa shape index (κ2) is 7.27. The van der Waals surface area contributed by atoms with Crippen LogP contribution in [-0.4, -0.2) is 46.7 Å². The van der Waals surface area contributed by atoms with Crippen molar-refractivity contribution in [2.24, 2.45) is 5.92 Å². The molecule has 0 radical (unpaired) electrons. The number of hydrogen-bond acceptors (Lipinski definition) is 4. The van der Waals surface area contributed by atoms with Crippen LogP contribution in [0.1, 0.15) is 24.8 Å². The molecule has 25 heavy (non-hydrogen) atoms. The van der Waals surface area contributed by atoms with Crippen LogP contribution in [0.3, 0.4) is 0 Å². The number of aromatic nitrogens is 1. The van der Waals surface area contributed by atoms with Crippen molar-refractivity contribution >= 4 is 34.6 Å². The highest BCUT2D eigenvalue weighted by atomic mass is 35.5. The highest BCUT2D eigenvalue weighted by Gasteiger charge is 2.38. The van der Waals surface area contributed by atoms with E-state index < -0.39 is 12.0 Å². The lowest BCUT2D eigenvalue weighted by atomic mass is 9.79. The van der Waals surface area contributed by atoms with E-state index in [0.29, 0.717) is 18.0 Å². The van der Waals surface area contributed by atoms with Crippen LogP contribution in [0, 0.1) is 5.92 Å². The van der Waals surface area contributed by atoms with Gasteiger partial charge >= 0.3 is 12.1 Å². The molecule has 1 aromatic heterocycles. The minimum atomic E-state index is -1.01. The number of amides is 1. The summed E-state index contributed by atoms with van der Waals surface area (Å²) in [7, 11) is 0. The number of carbonyl (C=O) groups is 2. The minimum Gasteiger partial charge on any atom is -0.466 e. The zero-order chi connectivity index (χ0) is 18.0. The third-order valence-electron chi connectivity index (χ3n) is 4.61. The monoisotopic (exact) mass is 362 g/mol. The number of fused-ring (bicyclic) bond motifs is 1. The van der Waals surface area contributed by atoms with Gasteiger partial charge in [0.1, 0.15) is 0 Å². The summed E-state index contributed by atoms with van der Waals surface area (Å²) < 4.78 is 5.20. The van der Waals surface area contributed by atoms with Gasteiger partial charge in [0.2, 0.25) is 0 Å². The Morgan fingerprint density at radius 1 is 1.40 bits per heavy atom. The van der Waals surface area contributed by atoms with Crippen molar-refractivity contribution in [1.29, 1.82) is 0 Å². The van der Waals surface area contributed by atoms with Gasteiger partial charge < -0.3 is 14.7 Å². The molecule has 1 saturated heterocycles. The number of benzene rings is 1. The summed E-state index contributed by atoms with van der Waals surface area (Å²) >= 11 is 6.05. The van der Waals surface area contributed by atoms with E-state index in [1.54, 1.807) is 25.3 Å². The van der Waals surface area contributed by atoms with Gasteiger partial charge in [-0.3, -0.25) is 9.78 Å². The van der Waals surface area contributed by atoms with Gasteiger partial charge in [0.15, 0.2) is 0 Å². The number of nitrogens with zero attached hydrogens (tertiary/aromatic N) is 2. The van der Waals surface area contributed by atoms with Crippen LogP contribution in [0.25, 0.3) is 10.9 Å². The third-order valence-corrected chi connectivity index (χ3v) is 4.85. The summed E-state index contributed by atoms with van der Waals surface area (Å²) in [5, 5.41) is 10.8. The largest absolute Gasteiger partial charge is 0.466 e. The van der Waals surface area contributed by atoms with Crippen molar-refractivity contribution < 1.29 is 19.4 Å². The predicted molar refractivity (Wildman–Crippen MR) is 93.8 cm³/mol. The number of pyridine rings is 1. The van der Waals surface area contributed by atoms with Crippen molar-refractivity contribution in [2.75, 3.05) is 19.7 Å². The molecule has 0 saturated carbocycles. The molecule has 1 N–H and O–H groups in total. The van der Waals surface area contributed by atoms with E-state index in [-0.39, 0.29) is 25.0 Å². The van der Waals surface area contributed by atoms with Crippen molar-refractivity contribution in [3.63, 3.8) is 0 Å². The molecule has 3 rings (SSSR count). The fraction of sp³-hybridized carbons (Fsp3) is 0.389. The van der Waals surface area contributed by atoms with Crippen LogP contribution in [0.15, 0.2) is 30.5 Å². The molecule has 2 atom stereocenters. The fourth-order valence-corrected chi connectivity index (χ4v) is 3.62. The maximum Gasteiger partial charge on any atom is 0.407 e. The Morgan fingerprint density at radius 2 is 2.20 bits per heavy atom. The van der Waals surface area contributed by atoms with Crippen molar-refractivity contribution in [2.45, 2.75) is 19.3 Å². The Hall–Kier alpha value is -2.34. The molecule has 1 aliphatic rings. The minimum absolute atomic E-state index is 0.124. The van der Waals surface area contributed by atoms with Gasteiger partial charge in [0.05, 0.1) is 18.0 Å². The van der Waals surface area contributed by atoms with Crippen molar-refractivity contribution in [3.8, 4) is 0 Å². The van der Waals surface area contributed by atoms with E-state index in [2.05, 4.69) is 4.98 Å². The van der Waals surface area contributed by atoms with E-state index in [1.807, 2.05) is 12.1 Å². The van der Waals surface area contributed by atoms with Gasteiger partial charge in [-0.25, -0.2) is 4.79 Å². The van der Waals surface area contributed by atoms with Crippen molar-refractivity contribution in [1.82, 2.24) is 9.88 Å². The third kappa shape index (κ3) is 3.54. The number of piperidine rings is 1. The molecule has 0 spiro atoms. The first kappa shape index (κ1) is 17.5. The number of ether oxygens (including phenoxy) is 1. The first-order valence-corrected chi connectivity index (χ1v) is 8.57. The van der Waals surface area contributed by atoms with Crippen LogP contribution in [-0.2, 0) is 9.53 Å². The lowest BCUT2D eigenvalue weighted by Gasteiger charge is -2.36. The Balaban J connectivity index is 2.01. The molecule has 1 aliphatic heterocycles. The maximum absolute atomic E-state index is 12.5. The van der Waals surface area contributed by atoms with Crippen LogP contribution < -0.4 is 0 Å². The normalized spacial score (nSPS) is 20.5. The first-order valence-electron chi connectivity index (χ1n) is 8.20. The van der Waals surface area contributed by atoms with Crippen LogP contribution in [0.2, 0.25) is 5.02 Å². The standard InChI is InChI=1S/C18H19ClN2O4/c1-2-25-17(22)15-10-21(18(23)24)8-6-13(15)12-5-7-20-16-9-11(19)3-4-14(12)16/h3-5,7,9,13,15H,2,6,8,10H2,1H3,(H,23,24). The topological polar surface area (TPSA) is 79.7 Å². The van der Waals surface area contributed by atoms with E-state index in [1.165, 1.54) is 4.90 Å². The summed E-state index contributed by atoms with van der Waals surface area (Å²) in [6, 6.07) is 7.36. The lowest BCUT2D eigenvalue weighted by molar-refractivity contribution is -0.150. The molecular weight excluding hydrogens is 344 g/mol. The number of carboxylic acid groups (broad SMARTS) is 1. The Morgan fingerprint density at radius 3 is 2.92 bits per heavy atom. The molecule has 2 unspecified atom stereocenters. The average Bonchev–Trinajstić information content (AvgIpc) is 2.60. The molecule has 2 heterocycles. The van der Waals surface area contributed by atoms with E-state index in [4.69, 9.17) is 16.3 Å². The van der Waals surface area contributed by atoms with Crippen molar-refractivity contribution in [3.05, 3.63) is 41.0 Å². The molecule has 0 aliphatic carbocycles. The molecule has 7 heteroatoms. The molecule has 1 amide bonds. The SMILES string of the molecule is CCOC(=O)C1CN(C(=O)O)CCC1c1ccnc2cc(Cl)ccc12. The highest BCUT2D eigenvalue weighted by Crippen LogP contribution is 2.37. The molecule has 6 nitrogen and oxygen atoms in total. The first-order chi connectivity index (χ1) is 12.0. The average molecular weight is 363 g/mol. The molecule has 132 valence electrons. The van der Waals surface area contributed by atoms with E-state index in [9.17, 15) is 14.7 Å². The zero-order valence-corrected chi connectivity index (χ0v) is 14.6. The van der Waals surface area contributed by atoms with Crippen LogP contribution in [0.5, 0.6) is 0 Å². The fourth-order valence-electron chi connectivity index (χ4n) is 3.45. The Kier molecular flexibility index (Phi) is 5.08. The molecule has 1 fully saturated rings. The Labute approximate surface area is 150 Å². The number of carbonyl (C=O) groups excluding carboxylic acids is 1. The summed E-state index contributed by atoms with van der Waals surface area (Å²) in [5.41, 5.74) is 1.73. The quantitative estimate of drug-likeness (QED) is 0.845. The number of likely N-dealkylation sites (tertiary alicyclic amines) is 1. The summed E-state index contributed by atoms with van der Waals surface area (Å²) in [5.74, 6) is -1.02. The maximum atomic E-state index is 12.5. The van der Waals surface area contributed by atoms with Gasteiger partial charge in [-0.05, 0) is 37.1 Å². The van der Waals surface area contributed by atoms with Gasteiger partial charge in [-0.2, -0.15) is 0 Å². The second-order valence-corrected chi connectivity index (χ2v) is 6.48. The number of esters is 1. The number of rotatable bonds is 3. The van der Waals surface area contributed by atoms with Gasteiger partial charge in [-0.1, -0.05) is 17.7 Å². The molecule has 1 aromatic carbocycles. The van der Waals surface area contributed by atoms with Gasteiger partial charge in [0.25, 0.3) is 0 Å². The van der Waals surface area contributed by atoms with E-state index >= 15 is 0 Å². The number of halogens is 1. The predicted octanol–water partition coefficient (Wildman–Crippen LogP) is 3.53. The highest BCUT2D eigenvalue weighted by molar-refractivity contribution is 6.31. The molecule has 0 bridgehead atoms. The van der Waals surface area contributed by atoms with Gasteiger partial charge in [0, 0.05) is 35.6 Å². The Bertz CT molecular complexity index is 811. The lowest BCUT2D eigenvalue weighted by Crippen LogP contribution is -2.45. The summed E-state index contributed by atoms with van der Waals surface area (Å²) in [4.78, 5) is 29.4. The van der Waals surface area contributed by atoms with Crippen LogP contribution in [0.4, 0.5) is 4.79 Å². The van der Waals surface area contributed by atoms with E-state index in [0.717, 1.165) is 16.5 Å². The van der Waals surface area contributed by atoms with Gasteiger partial charge in [-0.15, -0.1) is 0 Å². The number of hydrogen-bond donors (Lipinski definition) is 1. The molecular formula is C18H19ClN2O4. The summed E-state index contributed by atoms with van der Waals surface area (Å²) in [6.45, 7) is 2.53. The summed E-state index contributed by atoms with van der Waals surface area (Å²) in [6.07, 6.45) is 1.23. The van der Waals surface area contributed by atoms with Crippen LogP contribution >= 0.6 is 11.6 Å². The zero-order valence-electron chi connectivity index (χ0n) is 13.8. The molecule has 2 aromatic rings. The second-order valence-electron chi connectivity index (χ2n) is 6.04.